The molecule has 0 saturated heterocycles. The lowest BCUT2D eigenvalue weighted by molar-refractivity contribution is 0.238. The Hall–Kier alpha value is -1.71. The van der Waals surface area contributed by atoms with Gasteiger partial charge in [0.1, 0.15) is 5.75 Å². The van der Waals surface area contributed by atoms with Gasteiger partial charge in [-0.3, -0.25) is 0 Å². The van der Waals surface area contributed by atoms with Gasteiger partial charge in [0.15, 0.2) is 0 Å². The summed E-state index contributed by atoms with van der Waals surface area (Å²) in [5, 5.41) is 5.82. The van der Waals surface area contributed by atoms with Gasteiger partial charge in [0.05, 0.1) is 13.2 Å². The molecule has 0 aliphatic rings. The zero-order valence-corrected chi connectivity index (χ0v) is 14.0. The summed E-state index contributed by atoms with van der Waals surface area (Å²) in [4.78, 5) is 11.8. The van der Waals surface area contributed by atoms with E-state index in [0.29, 0.717) is 12.5 Å². The summed E-state index contributed by atoms with van der Waals surface area (Å²) in [5.41, 5.74) is 3.42. The quantitative estimate of drug-likeness (QED) is 0.835. The number of nitrogens with one attached hydrogen (secondary N) is 2. The highest BCUT2D eigenvalue weighted by atomic mass is 16.5. The van der Waals surface area contributed by atoms with E-state index < -0.39 is 0 Å². The number of urea groups is 1. The third-order valence-corrected chi connectivity index (χ3v) is 3.59. The number of rotatable bonds is 6. The number of benzene rings is 1. The van der Waals surface area contributed by atoms with E-state index in [1.165, 1.54) is 5.56 Å². The highest BCUT2D eigenvalue weighted by Gasteiger charge is 2.16. The van der Waals surface area contributed by atoms with Crippen LogP contribution in [0.1, 0.15) is 62.8 Å². The van der Waals surface area contributed by atoms with Crippen molar-refractivity contribution < 1.29 is 9.53 Å². The fourth-order valence-corrected chi connectivity index (χ4v) is 2.37. The molecule has 2 amide bonds. The van der Waals surface area contributed by atoms with Crippen LogP contribution < -0.4 is 15.4 Å². The number of methoxy groups -OCH3 is 1. The molecule has 0 bridgehead atoms. The molecule has 1 atom stereocenters. The Morgan fingerprint density at radius 2 is 1.90 bits per heavy atom. The maximum Gasteiger partial charge on any atom is 0.315 e. The summed E-state index contributed by atoms with van der Waals surface area (Å²) >= 11 is 0. The Balaban J connectivity index is 2.96. The SMILES string of the molecule is CCCNC(=O)N[C@@H](C)c1cc(C(C)C)c(OC)cc1C. The first-order valence-corrected chi connectivity index (χ1v) is 7.63. The maximum absolute atomic E-state index is 11.8. The van der Waals surface area contributed by atoms with E-state index >= 15 is 0 Å². The van der Waals surface area contributed by atoms with Crippen molar-refractivity contribution in [2.75, 3.05) is 13.7 Å². The molecular formula is C17H28N2O2. The number of hydrogen-bond acceptors (Lipinski definition) is 2. The van der Waals surface area contributed by atoms with Crippen molar-refractivity contribution in [2.45, 2.75) is 53.0 Å². The smallest absolute Gasteiger partial charge is 0.315 e. The van der Waals surface area contributed by atoms with E-state index in [0.717, 1.165) is 23.3 Å². The van der Waals surface area contributed by atoms with Gasteiger partial charge in [-0.2, -0.15) is 0 Å². The average molecular weight is 292 g/mol. The third-order valence-electron chi connectivity index (χ3n) is 3.59. The van der Waals surface area contributed by atoms with Crippen LogP contribution in [0.3, 0.4) is 0 Å². The van der Waals surface area contributed by atoms with Gasteiger partial charge in [0, 0.05) is 6.54 Å². The minimum Gasteiger partial charge on any atom is -0.496 e. The monoisotopic (exact) mass is 292 g/mol. The van der Waals surface area contributed by atoms with Crippen LogP contribution in [-0.2, 0) is 0 Å². The molecular weight excluding hydrogens is 264 g/mol. The van der Waals surface area contributed by atoms with E-state index in [9.17, 15) is 4.79 Å². The van der Waals surface area contributed by atoms with Gasteiger partial charge in [0.2, 0.25) is 0 Å². The molecule has 1 rings (SSSR count). The molecule has 0 aromatic heterocycles. The maximum atomic E-state index is 11.8. The zero-order valence-electron chi connectivity index (χ0n) is 14.0. The fourth-order valence-electron chi connectivity index (χ4n) is 2.37. The molecule has 0 unspecified atom stereocenters. The van der Waals surface area contributed by atoms with Gasteiger partial charge >= 0.3 is 6.03 Å². The van der Waals surface area contributed by atoms with Crippen LogP contribution in [0.5, 0.6) is 5.75 Å². The van der Waals surface area contributed by atoms with Gasteiger partial charge in [-0.05, 0) is 55.0 Å². The first kappa shape index (κ1) is 17.3. The number of carbonyl (C=O) groups excluding carboxylic acids is 1. The van der Waals surface area contributed by atoms with Gasteiger partial charge < -0.3 is 15.4 Å². The van der Waals surface area contributed by atoms with Crippen LogP contribution in [0.2, 0.25) is 0 Å². The molecule has 0 fully saturated rings. The second-order valence-corrected chi connectivity index (χ2v) is 5.73. The molecule has 4 heteroatoms. The molecule has 0 heterocycles. The van der Waals surface area contributed by atoms with Crippen LogP contribution in [0.25, 0.3) is 0 Å². The highest BCUT2D eigenvalue weighted by Crippen LogP contribution is 2.31. The van der Waals surface area contributed by atoms with Gasteiger partial charge in [-0.15, -0.1) is 0 Å². The van der Waals surface area contributed by atoms with E-state index in [4.69, 9.17) is 4.74 Å². The van der Waals surface area contributed by atoms with Crippen molar-refractivity contribution in [3.05, 3.63) is 28.8 Å². The van der Waals surface area contributed by atoms with Crippen LogP contribution in [0.4, 0.5) is 4.79 Å². The summed E-state index contributed by atoms with van der Waals surface area (Å²) in [6, 6.07) is 4.03. The first-order chi connectivity index (χ1) is 9.90. The number of ether oxygens (including phenoxy) is 1. The molecule has 21 heavy (non-hydrogen) atoms. The number of carbonyl (C=O) groups is 1. The van der Waals surface area contributed by atoms with Gasteiger partial charge in [-0.1, -0.05) is 20.8 Å². The molecule has 4 nitrogen and oxygen atoms in total. The Bertz CT molecular complexity index is 484. The van der Waals surface area contributed by atoms with Crippen molar-refractivity contribution in [2.24, 2.45) is 0 Å². The zero-order chi connectivity index (χ0) is 16.0. The second kappa shape index (κ2) is 7.91. The average Bonchev–Trinajstić information content (AvgIpc) is 2.43. The first-order valence-electron chi connectivity index (χ1n) is 7.63. The summed E-state index contributed by atoms with van der Waals surface area (Å²) in [5.74, 6) is 1.29. The Morgan fingerprint density at radius 1 is 1.24 bits per heavy atom. The molecule has 0 aliphatic heterocycles. The Labute approximate surface area is 128 Å². The van der Waals surface area contributed by atoms with E-state index in [2.05, 4.69) is 30.5 Å². The van der Waals surface area contributed by atoms with Crippen LogP contribution in [0, 0.1) is 6.92 Å². The van der Waals surface area contributed by atoms with Gasteiger partial charge in [-0.25, -0.2) is 4.79 Å². The van der Waals surface area contributed by atoms with Crippen molar-refractivity contribution >= 4 is 6.03 Å². The summed E-state index contributed by atoms with van der Waals surface area (Å²) in [6.07, 6.45) is 0.931. The van der Waals surface area contributed by atoms with E-state index in [1.807, 2.05) is 26.8 Å². The summed E-state index contributed by atoms with van der Waals surface area (Å²) < 4.78 is 5.46. The lowest BCUT2D eigenvalue weighted by Crippen LogP contribution is -2.37. The fraction of sp³-hybridized carbons (Fsp3) is 0.588. The standard InChI is InChI=1S/C17H28N2O2/c1-7-8-18-17(20)19-13(5)15-10-14(11(2)3)16(21-6)9-12(15)4/h9-11,13H,7-8H2,1-6H3,(H2,18,19,20)/t13-/m0/s1. The van der Waals surface area contributed by atoms with Crippen molar-refractivity contribution in [3.8, 4) is 5.75 Å². The molecule has 0 spiro atoms. The highest BCUT2D eigenvalue weighted by molar-refractivity contribution is 5.74. The summed E-state index contributed by atoms with van der Waals surface area (Å²) in [7, 11) is 1.69. The minimum atomic E-state index is -0.120. The predicted molar refractivity (Wildman–Crippen MR) is 87.1 cm³/mol. The largest absolute Gasteiger partial charge is 0.496 e. The third kappa shape index (κ3) is 4.66. The van der Waals surface area contributed by atoms with E-state index in [-0.39, 0.29) is 12.1 Å². The topological polar surface area (TPSA) is 50.4 Å². The lowest BCUT2D eigenvalue weighted by atomic mass is 9.93. The minimum absolute atomic E-state index is 0.0368. The van der Waals surface area contributed by atoms with Crippen LogP contribution >= 0.6 is 0 Å². The lowest BCUT2D eigenvalue weighted by Gasteiger charge is -2.21. The Morgan fingerprint density at radius 3 is 2.43 bits per heavy atom. The van der Waals surface area contributed by atoms with Gasteiger partial charge in [0.25, 0.3) is 0 Å². The molecule has 0 saturated carbocycles. The van der Waals surface area contributed by atoms with Crippen molar-refractivity contribution in [1.82, 2.24) is 10.6 Å². The van der Waals surface area contributed by atoms with Crippen LogP contribution in [0.15, 0.2) is 12.1 Å². The molecule has 1 aromatic rings. The predicted octanol–water partition coefficient (Wildman–Crippen LogP) is 3.90. The molecule has 1 aromatic carbocycles. The molecule has 0 radical (unpaired) electrons. The molecule has 118 valence electrons. The van der Waals surface area contributed by atoms with Crippen molar-refractivity contribution in [3.63, 3.8) is 0 Å². The van der Waals surface area contributed by atoms with Crippen LogP contribution in [-0.4, -0.2) is 19.7 Å². The van der Waals surface area contributed by atoms with Crippen molar-refractivity contribution in [1.29, 1.82) is 0 Å². The summed E-state index contributed by atoms with van der Waals surface area (Å²) in [6.45, 7) is 11.1. The van der Waals surface area contributed by atoms with E-state index in [1.54, 1.807) is 7.11 Å². The Kier molecular flexibility index (Phi) is 6.53. The number of amides is 2. The number of hydrogen-bond donors (Lipinski definition) is 2. The molecule has 2 N–H and O–H groups in total. The molecule has 0 aliphatic carbocycles. The number of aryl methyl sites for hydroxylation is 1. The normalized spacial score (nSPS) is 12.1. The second-order valence-electron chi connectivity index (χ2n) is 5.73.